The topological polar surface area (TPSA) is 67.8 Å². The van der Waals surface area contributed by atoms with E-state index >= 15 is 0 Å². The van der Waals surface area contributed by atoms with E-state index in [2.05, 4.69) is 53.8 Å². The van der Waals surface area contributed by atoms with Crippen molar-refractivity contribution >= 4 is 45.9 Å². The number of anilines is 1. The van der Waals surface area contributed by atoms with Crippen molar-refractivity contribution in [1.82, 2.24) is 0 Å². The number of nitrogens with one attached hydrogen (secondary N) is 1. The second kappa shape index (κ2) is 7.48. The number of benzene rings is 2. The van der Waals surface area contributed by atoms with Crippen molar-refractivity contribution in [2.24, 2.45) is 21.4 Å². The van der Waals surface area contributed by atoms with Crippen LogP contribution >= 0.6 is 22.6 Å². The predicted octanol–water partition coefficient (Wildman–Crippen LogP) is 5.66. The molecule has 5 nitrogen and oxygen atoms in total. The molecule has 1 N–H and O–H groups in total. The summed E-state index contributed by atoms with van der Waals surface area (Å²) in [6.07, 6.45) is 2.12. The van der Waals surface area contributed by atoms with Gasteiger partial charge in [-0.1, -0.05) is 44.1 Å². The number of rotatable bonds is 4. The van der Waals surface area contributed by atoms with E-state index in [9.17, 15) is 9.59 Å². The van der Waals surface area contributed by atoms with Crippen molar-refractivity contribution in [3.63, 3.8) is 0 Å². The van der Waals surface area contributed by atoms with Gasteiger partial charge < -0.3 is 10.2 Å². The summed E-state index contributed by atoms with van der Waals surface area (Å²) in [5, 5.41) is 7.39. The smallest absolute Gasteiger partial charge is 0.326 e. The number of halogens is 1. The summed E-state index contributed by atoms with van der Waals surface area (Å²) in [6.45, 7) is 6.40. The first-order valence-electron chi connectivity index (χ1n) is 10.1. The van der Waals surface area contributed by atoms with Crippen molar-refractivity contribution in [2.75, 3.05) is 5.32 Å². The van der Waals surface area contributed by atoms with E-state index in [1.807, 2.05) is 30.3 Å². The highest BCUT2D eigenvalue weighted by molar-refractivity contribution is 14.1. The minimum absolute atomic E-state index is 0.0111. The highest BCUT2D eigenvalue weighted by atomic mass is 127. The number of oxime groups is 1. The fraction of sp³-hybridized carbons (Fsp3) is 0.375. The zero-order chi connectivity index (χ0) is 21.6. The van der Waals surface area contributed by atoms with E-state index in [0.717, 1.165) is 27.8 Å². The summed E-state index contributed by atoms with van der Waals surface area (Å²) in [4.78, 5) is 31.1. The summed E-state index contributed by atoms with van der Waals surface area (Å²) in [5.74, 6) is -0.471. The standard InChI is InChI=1S/C24H25IN2O3/c1-22(2)23(3)13-14-24(22,21(29)26-18-11-9-17(25)10-12-18)15-19(23)27-30-20(28)16-7-5-4-6-8-16/h4-12H,13-15H2,1-3H3,(H,26,29). The van der Waals surface area contributed by atoms with Crippen LogP contribution in [0.4, 0.5) is 5.69 Å². The number of carbonyl (C=O) groups excluding carboxylic acids is 2. The first-order chi connectivity index (χ1) is 14.2. The van der Waals surface area contributed by atoms with Crippen molar-refractivity contribution in [2.45, 2.75) is 40.0 Å². The average molecular weight is 516 g/mol. The van der Waals surface area contributed by atoms with Gasteiger partial charge in [0, 0.05) is 21.1 Å². The van der Waals surface area contributed by atoms with E-state index in [1.54, 1.807) is 24.3 Å². The Morgan fingerprint density at radius 3 is 2.33 bits per heavy atom. The fourth-order valence-corrected chi connectivity index (χ4v) is 5.39. The second-order valence-corrected chi connectivity index (χ2v) is 10.2. The third kappa shape index (κ3) is 3.16. The highest BCUT2D eigenvalue weighted by Gasteiger charge is 2.71. The van der Waals surface area contributed by atoms with Crippen LogP contribution in [0, 0.1) is 19.8 Å². The Bertz CT molecular complexity index is 1020. The van der Waals surface area contributed by atoms with Gasteiger partial charge in [0.2, 0.25) is 5.91 Å². The summed E-state index contributed by atoms with van der Waals surface area (Å²) < 4.78 is 1.12. The van der Waals surface area contributed by atoms with Crippen LogP contribution in [0.5, 0.6) is 0 Å². The van der Waals surface area contributed by atoms with Crippen LogP contribution < -0.4 is 5.32 Å². The molecule has 2 aliphatic rings. The van der Waals surface area contributed by atoms with Gasteiger partial charge in [0.1, 0.15) is 0 Å². The molecular formula is C24H25IN2O3. The minimum Gasteiger partial charge on any atom is -0.326 e. The fourth-order valence-electron chi connectivity index (χ4n) is 5.03. The number of carbonyl (C=O) groups is 2. The molecule has 2 aliphatic carbocycles. The first kappa shape index (κ1) is 21.0. The third-order valence-electron chi connectivity index (χ3n) is 7.52. The third-order valence-corrected chi connectivity index (χ3v) is 8.24. The Kier molecular flexibility index (Phi) is 5.24. The molecular weight excluding hydrogens is 491 g/mol. The van der Waals surface area contributed by atoms with Gasteiger partial charge in [0.15, 0.2) is 0 Å². The lowest BCUT2D eigenvalue weighted by molar-refractivity contribution is -0.130. The van der Waals surface area contributed by atoms with E-state index in [4.69, 9.17) is 4.84 Å². The summed E-state index contributed by atoms with van der Waals surface area (Å²) in [5.41, 5.74) is 0.850. The zero-order valence-electron chi connectivity index (χ0n) is 17.4. The quantitative estimate of drug-likeness (QED) is 0.324. The monoisotopic (exact) mass is 516 g/mol. The van der Waals surface area contributed by atoms with Crippen molar-refractivity contribution in [3.05, 3.63) is 63.7 Å². The van der Waals surface area contributed by atoms with Gasteiger partial charge in [-0.05, 0) is 77.2 Å². The highest BCUT2D eigenvalue weighted by Crippen LogP contribution is 2.71. The number of fused-ring (bicyclic) bond motifs is 2. The SMILES string of the molecule is CC12CCC(C(=O)Nc3ccc(I)cc3)(CC1=NOC(=O)c1ccccc1)C2(C)C. The van der Waals surface area contributed by atoms with Crippen LogP contribution in [0.2, 0.25) is 0 Å². The molecule has 2 atom stereocenters. The molecule has 0 aromatic heterocycles. The molecule has 2 saturated carbocycles. The maximum absolute atomic E-state index is 13.5. The van der Waals surface area contributed by atoms with Crippen LogP contribution in [0.3, 0.4) is 0 Å². The molecule has 2 unspecified atom stereocenters. The molecule has 2 fully saturated rings. The normalized spacial score (nSPS) is 27.8. The van der Waals surface area contributed by atoms with Crippen molar-refractivity contribution in [1.29, 1.82) is 0 Å². The Labute approximate surface area is 190 Å². The van der Waals surface area contributed by atoms with Crippen LogP contribution in [-0.2, 0) is 9.63 Å². The van der Waals surface area contributed by atoms with Crippen LogP contribution in [0.15, 0.2) is 59.8 Å². The molecule has 0 heterocycles. The lowest BCUT2D eigenvalue weighted by Gasteiger charge is -2.39. The summed E-state index contributed by atoms with van der Waals surface area (Å²) in [7, 11) is 0. The Morgan fingerprint density at radius 2 is 1.67 bits per heavy atom. The molecule has 2 aromatic rings. The Balaban J connectivity index is 1.58. The molecule has 4 rings (SSSR count). The van der Waals surface area contributed by atoms with Gasteiger partial charge in [-0.15, -0.1) is 0 Å². The van der Waals surface area contributed by atoms with E-state index in [0.29, 0.717) is 12.0 Å². The largest absolute Gasteiger partial charge is 0.365 e. The lowest BCUT2D eigenvalue weighted by Crippen LogP contribution is -2.43. The number of hydrogen-bond acceptors (Lipinski definition) is 4. The predicted molar refractivity (Wildman–Crippen MR) is 125 cm³/mol. The molecule has 0 aliphatic heterocycles. The number of hydrogen-bond donors (Lipinski definition) is 1. The van der Waals surface area contributed by atoms with Gasteiger partial charge in [-0.3, -0.25) is 4.79 Å². The van der Waals surface area contributed by atoms with Crippen molar-refractivity contribution in [3.8, 4) is 0 Å². The van der Waals surface area contributed by atoms with Crippen LogP contribution in [-0.4, -0.2) is 17.6 Å². The maximum atomic E-state index is 13.5. The Hall–Kier alpha value is -2.22. The molecule has 2 aromatic carbocycles. The molecule has 30 heavy (non-hydrogen) atoms. The second-order valence-electron chi connectivity index (χ2n) is 8.96. The molecule has 1 amide bonds. The molecule has 156 valence electrons. The average Bonchev–Trinajstić information content (AvgIpc) is 3.05. The zero-order valence-corrected chi connectivity index (χ0v) is 19.5. The molecule has 6 heteroatoms. The molecule has 0 radical (unpaired) electrons. The number of nitrogens with zero attached hydrogens (tertiary/aromatic N) is 1. The minimum atomic E-state index is -0.581. The van der Waals surface area contributed by atoms with Gasteiger partial charge >= 0.3 is 5.97 Å². The van der Waals surface area contributed by atoms with Crippen LogP contribution in [0.1, 0.15) is 50.4 Å². The summed E-state index contributed by atoms with van der Waals surface area (Å²) >= 11 is 2.24. The van der Waals surface area contributed by atoms with E-state index < -0.39 is 11.4 Å². The van der Waals surface area contributed by atoms with E-state index in [1.165, 1.54) is 0 Å². The van der Waals surface area contributed by atoms with Gasteiger partial charge in [0.25, 0.3) is 0 Å². The van der Waals surface area contributed by atoms with Crippen molar-refractivity contribution < 1.29 is 14.4 Å². The molecule has 0 saturated heterocycles. The summed E-state index contributed by atoms with van der Waals surface area (Å²) in [6, 6.07) is 16.6. The van der Waals surface area contributed by atoms with Gasteiger partial charge in [0.05, 0.1) is 16.7 Å². The van der Waals surface area contributed by atoms with Gasteiger partial charge in [-0.25, -0.2) is 4.79 Å². The first-order valence-corrected chi connectivity index (χ1v) is 11.2. The van der Waals surface area contributed by atoms with Gasteiger partial charge in [-0.2, -0.15) is 0 Å². The maximum Gasteiger partial charge on any atom is 0.365 e. The van der Waals surface area contributed by atoms with E-state index in [-0.39, 0.29) is 16.7 Å². The molecule has 0 spiro atoms. The van der Waals surface area contributed by atoms with Crippen LogP contribution in [0.25, 0.3) is 0 Å². The Morgan fingerprint density at radius 1 is 1.00 bits per heavy atom. The number of amides is 1. The lowest BCUT2D eigenvalue weighted by atomic mass is 9.64. The molecule has 2 bridgehead atoms.